The molecule has 0 aliphatic carbocycles. The molecular formula is C15H20N2O4. The molecule has 2 aliphatic rings. The number of hydrogen-bond donors (Lipinski definition) is 2. The minimum atomic E-state index is -0.769. The summed E-state index contributed by atoms with van der Waals surface area (Å²) in [6.45, 7) is 4.46. The number of benzene rings is 1. The van der Waals surface area contributed by atoms with Crippen LogP contribution in [0.3, 0.4) is 0 Å². The van der Waals surface area contributed by atoms with Crippen molar-refractivity contribution < 1.29 is 19.4 Å². The molecule has 1 aromatic rings. The summed E-state index contributed by atoms with van der Waals surface area (Å²) >= 11 is 0. The Balaban J connectivity index is 1.70. The molecule has 114 valence electrons. The van der Waals surface area contributed by atoms with Crippen LogP contribution in [0.25, 0.3) is 0 Å². The number of nitrogens with zero attached hydrogens (tertiary/aromatic N) is 1. The lowest BCUT2D eigenvalue weighted by molar-refractivity contribution is -0.140. The van der Waals surface area contributed by atoms with E-state index in [4.69, 9.17) is 9.47 Å². The fourth-order valence-electron chi connectivity index (χ4n) is 3.05. The Bertz CT molecular complexity index is 534. The average Bonchev–Trinajstić information content (AvgIpc) is 3.12. The molecule has 0 radical (unpaired) electrons. The molecular weight excluding hydrogens is 272 g/mol. The highest BCUT2D eigenvalue weighted by atomic mass is 16.7. The third-order valence-corrected chi connectivity index (χ3v) is 4.11. The summed E-state index contributed by atoms with van der Waals surface area (Å²) in [6.07, 6.45) is 0.873. The molecule has 2 N–H and O–H groups in total. The maximum Gasteiger partial charge on any atom is 0.321 e. The Hall–Kier alpha value is -1.95. The van der Waals surface area contributed by atoms with E-state index in [1.165, 1.54) is 0 Å². The van der Waals surface area contributed by atoms with Gasteiger partial charge in [0.2, 0.25) is 6.79 Å². The predicted molar refractivity (Wildman–Crippen MR) is 78.0 cm³/mol. The number of rotatable bonds is 5. The van der Waals surface area contributed by atoms with Crippen molar-refractivity contribution in [1.82, 2.24) is 5.32 Å². The van der Waals surface area contributed by atoms with Crippen LogP contribution in [0.4, 0.5) is 5.69 Å². The molecule has 0 aromatic heterocycles. The van der Waals surface area contributed by atoms with Crippen molar-refractivity contribution >= 4 is 11.7 Å². The Kier molecular flexibility index (Phi) is 3.88. The first kappa shape index (κ1) is 14.0. The van der Waals surface area contributed by atoms with E-state index in [2.05, 4.69) is 10.2 Å². The van der Waals surface area contributed by atoms with E-state index < -0.39 is 12.0 Å². The number of likely N-dealkylation sites (N-methyl/N-ethyl adjacent to an activating group) is 1. The Labute approximate surface area is 123 Å². The second-order valence-electron chi connectivity index (χ2n) is 5.41. The first-order valence-electron chi connectivity index (χ1n) is 7.30. The molecule has 2 aliphatic heterocycles. The quantitative estimate of drug-likeness (QED) is 0.852. The summed E-state index contributed by atoms with van der Waals surface area (Å²) in [5.74, 6) is 0.880. The van der Waals surface area contributed by atoms with Gasteiger partial charge in [-0.2, -0.15) is 0 Å². The number of nitrogens with one attached hydrogen (secondary N) is 1. The standard InChI is InChI=1S/C15H20N2O4/c1-2-16-14(15(18)19)10-5-6-17(8-10)11-3-4-12-13(7-11)21-9-20-12/h3-4,7,10,14,16H,2,5-6,8-9H2,1H3,(H,18,19). The van der Waals surface area contributed by atoms with Crippen molar-refractivity contribution in [2.45, 2.75) is 19.4 Å². The van der Waals surface area contributed by atoms with E-state index in [1.54, 1.807) is 0 Å². The molecule has 1 aromatic carbocycles. The van der Waals surface area contributed by atoms with Crippen LogP contribution in [-0.4, -0.2) is 43.5 Å². The van der Waals surface area contributed by atoms with Crippen LogP contribution in [0, 0.1) is 5.92 Å². The van der Waals surface area contributed by atoms with E-state index in [9.17, 15) is 9.90 Å². The second-order valence-corrected chi connectivity index (χ2v) is 5.41. The average molecular weight is 292 g/mol. The molecule has 3 rings (SSSR count). The van der Waals surface area contributed by atoms with Gasteiger partial charge >= 0.3 is 5.97 Å². The van der Waals surface area contributed by atoms with Gasteiger partial charge in [0.25, 0.3) is 0 Å². The summed E-state index contributed by atoms with van der Waals surface area (Å²) in [5.41, 5.74) is 1.06. The zero-order valence-corrected chi connectivity index (χ0v) is 12.0. The summed E-state index contributed by atoms with van der Waals surface area (Å²) in [5, 5.41) is 12.4. The van der Waals surface area contributed by atoms with Gasteiger partial charge in [-0.25, -0.2) is 0 Å². The van der Waals surface area contributed by atoms with Gasteiger partial charge in [-0.05, 0) is 25.1 Å². The van der Waals surface area contributed by atoms with Crippen molar-refractivity contribution in [3.05, 3.63) is 18.2 Å². The van der Waals surface area contributed by atoms with Gasteiger partial charge in [0.05, 0.1) is 0 Å². The van der Waals surface area contributed by atoms with Crippen molar-refractivity contribution in [1.29, 1.82) is 0 Å². The monoisotopic (exact) mass is 292 g/mol. The molecule has 0 bridgehead atoms. The third kappa shape index (κ3) is 2.76. The Morgan fingerprint density at radius 1 is 1.48 bits per heavy atom. The molecule has 1 saturated heterocycles. The van der Waals surface area contributed by atoms with Crippen molar-refractivity contribution in [3.8, 4) is 11.5 Å². The van der Waals surface area contributed by atoms with Crippen LogP contribution in [0.1, 0.15) is 13.3 Å². The van der Waals surface area contributed by atoms with Gasteiger partial charge in [0.15, 0.2) is 11.5 Å². The maximum atomic E-state index is 11.4. The van der Waals surface area contributed by atoms with Crippen molar-refractivity contribution in [2.75, 3.05) is 31.3 Å². The Morgan fingerprint density at radius 2 is 2.29 bits per heavy atom. The van der Waals surface area contributed by atoms with Crippen molar-refractivity contribution in [2.24, 2.45) is 5.92 Å². The lowest BCUT2D eigenvalue weighted by atomic mass is 9.99. The second kappa shape index (κ2) is 5.81. The largest absolute Gasteiger partial charge is 0.480 e. The van der Waals surface area contributed by atoms with E-state index in [0.717, 1.165) is 36.7 Å². The number of carbonyl (C=O) groups is 1. The van der Waals surface area contributed by atoms with Gasteiger partial charge < -0.3 is 24.8 Å². The summed E-state index contributed by atoms with van der Waals surface area (Å²) < 4.78 is 10.7. The SMILES string of the molecule is CCNC(C(=O)O)C1CCN(c2ccc3c(c2)OCO3)C1. The number of anilines is 1. The smallest absolute Gasteiger partial charge is 0.321 e. The first-order valence-corrected chi connectivity index (χ1v) is 7.30. The minimum absolute atomic E-state index is 0.118. The molecule has 6 heteroatoms. The summed E-state index contributed by atoms with van der Waals surface area (Å²) in [4.78, 5) is 13.6. The fraction of sp³-hybridized carbons (Fsp3) is 0.533. The van der Waals surface area contributed by atoms with Crippen LogP contribution >= 0.6 is 0 Å². The molecule has 2 unspecified atom stereocenters. The normalized spacial score (nSPS) is 21.6. The minimum Gasteiger partial charge on any atom is -0.480 e. The van der Waals surface area contributed by atoms with Crippen LogP contribution in [0.15, 0.2) is 18.2 Å². The maximum absolute atomic E-state index is 11.4. The molecule has 1 fully saturated rings. The van der Waals surface area contributed by atoms with E-state index >= 15 is 0 Å². The predicted octanol–water partition coefficient (Wildman–Crippen LogP) is 1.30. The number of ether oxygens (including phenoxy) is 2. The summed E-state index contributed by atoms with van der Waals surface area (Å²) in [6, 6.07) is 5.39. The lowest BCUT2D eigenvalue weighted by Gasteiger charge is -2.22. The molecule has 0 saturated carbocycles. The molecule has 21 heavy (non-hydrogen) atoms. The highest BCUT2D eigenvalue weighted by molar-refractivity contribution is 5.74. The van der Waals surface area contributed by atoms with Crippen LogP contribution < -0.4 is 19.7 Å². The first-order chi connectivity index (χ1) is 10.2. The van der Waals surface area contributed by atoms with Crippen molar-refractivity contribution in [3.63, 3.8) is 0 Å². The van der Waals surface area contributed by atoms with E-state index in [1.807, 2.05) is 25.1 Å². The highest BCUT2D eigenvalue weighted by Crippen LogP contribution is 2.37. The van der Waals surface area contributed by atoms with E-state index in [0.29, 0.717) is 6.54 Å². The zero-order valence-electron chi connectivity index (χ0n) is 12.0. The Morgan fingerprint density at radius 3 is 3.05 bits per heavy atom. The van der Waals surface area contributed by atoms with Gasteiger partial charge in [-0.3, -0.25) is 4.79 Å². The third-order valence-electron chi connectivity index (χ3n) is 4.11. The van der Waals surface area contributed by atoms with Gasteiger partial charge in [0, 0.05) is 30.8 Å². The fourth-order valence-corrected chi connectivity index (χ4v) is 3.05. The zero-order chi connectivity index (χ0) is 14.8. The van der Waals surface area contributed by atoms with Crippen LogP contribution in [0.5, 0.6) is 11.5 Å². The number of hydrogen-bond acceptors (Lipinski definition) is 5. The number of fused-ring (bicyclic) bond motifs is 1. The molecule has 0 amide bonds. The number of carboxylic acid groups (broad SMARTS) is 1. The van der Waals surface area contributed by atoms with Gasteiger partial charge in [-0.1, -0.05) is 6.92 Å². The van der Waals surface area contributed by atoms with Crippen LogP contribution in [0.2, 0.25) is 0 Å². The molecule has 0 spiro atoms. The van der Waals surface area contributed by atoms with Gasteiger partial charge in [0.1, 0.15) is 6.04 Å². The van der Waals surface area contributed by atoms with E-state index in [-0.39, 0.29) is 12.7 Å². The van der Waals surface area contributed by atoms with Crippen LogP contribution in [-0.2, 0) is 4.79 Å². The summed E-state index contributed by atoms with van der Waals surface area (Å²) in [7, 11) is 0. The topological polar surface area (TPSA) is 71.0 Å². The lowest BCUT2D eigenvalue weighted by Crippen LogP contribution is -2.43. The van der Waals surface area contributed by atoms with Gasteiger partial charge in [-0.15, -0.1) is 0 Å². The number of carboxylic acids is 1. The molecule has 6 nitrogen and oxygen atoms in total. The highest BCUT2D eigenvalue weighted by Gasteiger charge is 2.33. The molecule has 2 heterocycles. The molecule has 2 atom stereocenters. The number of aliphatic carboxylic acids is 1.